The van der Waals surface area contributed by atoms with Crippen LogP contribution in [0.25, 0.3) is 0 Å². The minimum absolute atomic E-state index is 0.635. The maximum absolute atomic E-state index is 5.49. The molecule has 0 aromatic heterocycles. The molecule has 1 aromatic rings. The van der Waals surface area contributed by atoms with Gasteiger partial charge in [-0.15, -0.1) is 0 Å². The number of hydrogen-bond acceptors (Lipinski definition) is 2. The second-order valence-corrected chi connectivity index (χ2v) is 3.31. The molecule has 0 bridgehead atoms. The molecule has 0 spiro atoms. The molecule has 0 aliphatic rings. The second kappa shape index (κ2) is 5.45. The standard InChI is InChI=1S/C12H17NO/c1-10(9-13)3-4-11-5-7-12(14-2)8-6-11/h3,5-8H,4,9,13H2,1-2H3/b10-3-. The second-order valence-electron chi connectivity index (χ2n) is 3.31. The van der Waals surface area contributed by atoms with Gasteiger partial charge in [-0.3, -0.25) is 0 Å². The highest BCUT2D eigenvalue weighted by Crippen LogP contribution is 2.12. The van der Waals surface area contributed by atoms with Gasteiger partial charge in [0.2, 0.25) is 0 Å². The van der Waals surface area contributed by atoms with Crippen LogP contribution in [0.1, 0.15) is 12.5 Å². The zero-order chi connectivity index (χ0) is 10.4. The van der Waals surface area contributed by atoms with Crippen molar-refractivity contribution in [3.05, 3.63) is 41.5 Å². The van der Waals surface area contributed by atoms with Crippen LogP contribution in [0.2, 0.25) is 0 Å². The van der Waals surface area contributed by atoms with Gasteiger partial charge < -0.3 is 10.5 Å². The highest BCUT2D eigenvalue weighted by molar-refractivity contribution is 5.28. The van der Waals surface area contributed by atoms with E-state index in [2.05, 4.69) is 18.2 Å². The van der Waals surface area contributed by atoms with Gasteiger partial charge in [-0.25, -0.2) is 0 Å². The molecule has 0 saturated carbocycles. The maximum atomic E-state index is 5.49. The van der Waals surface area contributed by atoms with E-state index in [0.29, 0.717) is 6.54 Å². The molecule has 0 unspecified atom stereocenters. The minimum atomic E-state index is 0.635. The van der Waals surface area contributed by atoms with Crippen molar-refractivity contribution in [2.24, 2.45) is 5.73 Å². The first-order chi connectivity index (χ1) is 6.76. The van der Waals surface area contributed by atoms with Crippen LogP contribution < -0.4 is 10.5 Å². The van der Waals surface area contributed by atoms with Crippen LogP contribution in [-0.4, -0.2) is 13.7 Å². The number of allylic oxidation sites excluding steroid dienone is 1. The number of benzene rings is 1. The van der Waals surface area contributed by atoms with Crippen molar-refractivity contribution in [3.8, 4) is 5.75 Å². The normalized spacial score (nSPS) is 11.5. The average molecular weight is 191 g/mol. The monoisotopic (exact) mass is 191 g/mol. The highest BCUT2D eigenvalue weighted by atomic mass is 16.5. The summed E-state index contributed by atoms with van der Waals surface area (Å²) in [5.41, 5.74) is 7.99. The summed E-state index contributed by atoms with van der Waals surface area (Å²) in [5.74, 6) is 0.897. The van der Waals surface area contributed by atoms with Gasteiger partial charge in [0.05, 0.1) is 7.11 Å². The van der Waals surface area contributed by atoms with E-state index in [1.165, 1.54) is 11.1 Å². The topological polar surface area (TPSA) is 35.2 Å². The van der Waals surface area contributed by atoms with E-state index in [1.807, 2.05) is 19.1 Å². The summed E-state index contributed by atoms with van der Waals surface area (Å²) in [6.45, 7) is 2.68. The Morgan fingerprint density at radius 1 is 1.36 bits per heavy atom. The largest absolute Gasteiger partial charge is 0.497 e. The lowest BCUT2D eigenvalue weighted by molar-refractivity contribution is 0.414. The van der Waals surface area contributed by atoms with Gasteiger partial charge in [0.15, 0.2) is 0 Å². The molecule has 14 heavy (non-hydrogen) atoms. The predicted molar refractivity (Wildman–Crippen MR) is 59.5 cm³/mol. The van der Waals surface area contributed by atoms with Crippen molar-refractivity contribution in [1.82, 2.24) is 0 Å². The van der Waals surface area contributed by atoms with Gasteiger partial charge in [0.25, 0.3) is 0 Å². The van der Waals surface area contributed by atoms with Crippen LogP contribution in [-0.2, 0) is 6.42 Å². The molecule has 0 amide bonds. The number of rotatable bonds is 4. The molecule has 2 nitrogen and oxygen atoms in total. The van der Waals surface area contributed by atoms with Crippen LogP contribution in [0.5, 0.6) is 5.75 Å². The van der Waals surface area contributed by atoms with Crippen LogP contribution in [0.15, 0.2) is 35.9 Å². The van der Waals surface area contributed by atoms with E-state index in [-0.39, 0.29) is 0 Å². The molecular weight excluding hydrogens is 174 g/mol. The Kier molecular flexibility index (Phi) is 4.20. The molecule has 0 radical (unpaired) electrons. The van der Waals surface area contributed by atoms with Gasteiger partial charge >= 0.3 is 0 Å². The van der Waals surface area contributed by atoms with Gasteiger partial charge in [0.1, 0.15) is 5.75 Å². The fraction of sp³-hybridized carbons (Fsp3) is 0.333. The molecule has 0 aliphatic carbocycles. The fourth-order valence-electron chi connectivity index (χ4n) is 1.14. The third kappa shape index (κ3) is 3.23. The van der Waals surface area contributed by atoms with Gasteiger partial charge in [-0.2, -0.15) is 0 Å². The smallest absolute Gasteiger partial charge is 0.118 e. The number of methoxy groups -OCH3 is 1. The molecule has 76 valence electrons. The zero-order valence-electron chi connectivity index (χ0n) is 8.79. The molecule has 2 heteroatoms. The Bertz CT molecular complexity index is 301. The number of ether oxygens (including phenoxy) is 1. The van der Waals surface area contributed by atoms with Crippen LogP contribution >= 0.6 is 0 Å². The van der Waals surface area contributed by atoms with E-state index in [1.54, 1.807) is 7.11 Å². The summed E-state index contributed by atoms with van der Waals surface area (Å²) < 4.78 is 5.08. The van der Waals surface area contributed by atoms with Crippen LogP contribution in [0.4, 0.5) is 0 Å². The molecule has 1 aromatic carbocycles. The van der Waals surface area contributed by atoms with Gasteiger partial charge in [-0.1, -0.05) is 23.8 Å². The van der Waals surface area contributed by atoms with E-state index >= 15 is 0 Å². The van der Waals surface area contributed by atoms with Crippen LogP contribution in [0.3, 0.4) is 0 Å². The lowest BCUT2D eigenvalue weighted by atomic mass is 10.1. The van der Waals surface area contributed by atoms with E-state index in [0.717, 1.165) is 12.2 Å². The fourth-order valence-corrected chi connectivity index (χ4v) is 1.14. The highest BCUT2D eigenvalue weighted by Gasteiger charge is 1.92. The SMILES string of the molecule is COc1ccc(C/C=C(/C)CN)cc1. The van der Waals surface area contributed by atoms with Crippen molar-refractivity contribution in [2.45, 2.75) is 13.3 Å². The molecule has 2 N–H and O–H groups in total. The molecular formula is C12H17NO. The molecule has 0 saturated heterocycles. The van der Waals surface area contributed by atoms with E-state index in [9.17, 15) is 0 Å². The van der Waals surface area contributed by atoms with Crippen molar-refractivity contribution >= 4 is 0 Å². The summed E-state index contributed by atoms with van der Waals surface area (Å²) in [6, 6.07) is 8.08. The van der Waals surface area contributed by atoms with Crippen molar-refractivity contribution in [2.75, 3.05) is 13.7 Å². The molecule has 0 fully saturated rings. The lowest BCUT2D eigenvalue weighted by Crippen LogP contribution is -2.00. The Labute approximate surface area is 85.4 Å². The predicted octanol–water partition coefficient (Wildman–Crippen LogP) is 2.14. The quantitative estimate of drug-likeness (QED) is 0.740. The van der Waals surface area contributed by atoms with E-state index in [4.69, 9.17) is 10.5 Å². The Balaban J connectivity index is 2.60. The third-order valence-corrected chi connectivity index (χ3v) is 2.17. The Hall–Kier alpha value is -1.28. The van der Waals surface area contributed by atoms with Gasteiger partial charge in [0, 0.05) is 6.54 Å². The first-order valence-electron chi connectivity index (χ1n) is 4.75. The van der Waals surface area contributed by atoms with Crippen molar-refractivity contribution in [1.29, 1.82) is 0 Å². The summed E-state index contributed by atoms with van der Waals surface area (Å²) >= 11 is 0. The number of nitrogens with two attached hydrogens (primary N) is 1. The Morgan fingerprint density at radius 3 is 2.50 bits per heavy atom. The third-order valence-electron chi connectivity index (χ3n) is 2.17. The Morgan fingerprint density at radius 2 is 2.00 bits per heavy atom. The van der Waals surface area contributed by atoms with E-state index < -0.39 is 0 Å². The van der Waals surface area contributed by atoms with Gasteiger partial charge in [-0.05, 0) is 31.0 Å². The molecule has 0 aliphatic heterocycles. The average Bonchev–Trinajstić information content (AvgIpc) is 2.26. The summed E-state index contributed by atoms with van der Waals surface area (Å²) in [6.07, 6.45) is 3.09. The summed E-state index contributed by atoms with van der Waals surface area (Å²) in [7, 11) is 1.67. The van der Waals surface area contributed by atoms with Crippen molar-refractivity contribution in [3.63, 3.8) is 0 Å². The van der Waals surface area contributed by atoms with Crippen molar-refractivity contribution < 1.29 is 4.74 Å². The maximum Gasteiger partial charge on any atom is 0.118 e. The molecule has 0 atom stereocenters. The lowest BCUT2D eigenvalue weighted by Gasteiger charge is -2.01. The summed E-state index contributed by atoms with van der Waals surface area (Å²) in [5, 5.41) is 0. The zero-order valence-corrected chi connectivity index (χ0v) is 8.79. The van der Waals surface area contributed by atoms with Crippen LogP contribution in [0, 0.1) is 0 Å². The number of hydrogen-bond donors (Lipinski definition) is 1. The summed E-state index contributed by atoms with van der Waals surface area (Å²) in [4.78, 5) is 0. The molecule has 1 rings (SSSR count). The first kappa shape index (κ1) is 10.8. The molecule has 0 heterocycles. The first-order valence-corrected chi connectivity index (χ1v) is 4.75. The minimum Gasteiger partial charge on any atom is -0.497 e.